The van der Waals surface area contributed by atoms with Crippen molar-refractivity contribution in [3.63, 3.8) is 0 Å². The number of hydrogen-bond donors (Lipinski definition) is 1. The summed E-state index contributed by atoms with van der Waals surface area (Å²) in [6, 6.07) is 14.9. The number of nitro benzene ring substituents is 1. The number of nitrogens with zero attached hydrogens (tertiary/aromatic N) is 4. The van der Waals surface area contributed by atoms with Crippen molar-refractivity contribution in [2.24, 2.45) is 11.8 Å². The third-order valence-corrected chi connectivity index (χ3v) is 8.49. The van der Waals surface area contributed by atoms with E-state index in [0.717, 1.165) is 45.0 Å². The lowest BCUT2D eigenvalue weighted by molar-refractivity contribution is -0.385. The second kappa shape index (κ2) is 11.8. The number of piperazine rings is 1. The van der Waals surface area contributed by atoms with Crippen molar-refractivity contribution in [3.05, 3.63) is 70.3 Å². The Morgan fingerprint density at radius 2 is 1.78 bits per heavy atom. The lowest BCUT2D eigenvalue weighted by atomic mass is 9.78. The fraction of sp³-hybridized carbons (Fsp3) is 0.429. The van der Waals surface area contributed by atoms with Gasteiger partial charge in [0.15, 0.2) is 0 Å². The third kappa shape index (κ3) is 6.17. The summed E-state index contributed by atoms with van der Waals surface area (Å²) in [7, 11) is 0. The molecule has 1 aromatic heterocycles. The molecule has 9 heteroatoms. The zero-order chi connectivity index (χ0) is 25.6. The number of carbonyl (C=O) groups excluding carboxylic acids is 1. The Morgan fingerprint density at radius 1 is 1.05 bits per heavy atom. The SMILES string of the molecule is O=C(C=Cc1ccccc1[N+](=O)[O-])NC[C@H]1CCCC[C@H]1CN1CCN(c2nsc3ccccc23)CC1. The molecule has 2 fully saturated rings. The number of carbonyl (C=O) groups is 1. The summed E-state index contributed by atoms with van der Waals surface area (Å²) in [5.41, 5.74) is 0.435. The van der Waals surface area contributed by atoms with Crippen LogP contribution in [-0.2, 0) is 4.79 Å². The second-order valence-electron chi connectivity index (χ2n) is 9.99. The van der Waals surface area contributed by atoms with Crippen LogP contribution in [0, 0.1) is 22.0 Å². The summed E-state index contributed by atoms with van der Waals surface area (Å²) < 4.78 is 5.97. The van der Waals surface area contributed by atoms with Gasteiger partial charge in [-0.25, -0.2) is 0 Å². The Balaban J connectivity index is 1.12. The predicted octanol–water partition coefficient (Wildman–Crippen LogP) is 4.96. The molecule has 1 saturated carbocycles. The molecule has 2 aliphatic rings. The van der Waals surface area contributed by atoms with Crippen LogP contribution in [0.3, 0.4) is 0 Å². The summed E-state index contributed by atoms with van der Waals surface area (Å²) in [5.74, 6) is 1.94. The first kappa shape index (κ1) is 25.4. The van der Waals surface area contributed by atoms with E-state index in [1.165, 1.54) is 47.6 Å². The summed E-state index contributed by atoms with van der Waals surface area (Å²) in [6.07, 6.45) is 7.71. The number of para-hydroxylation sites is 1. The first-order chi connectivity index (χ1) is 18.1. The summed E-state index contributed by atoms with van der Waals surface area (Å²) in [5, 5.41) is 15.5. The van der Waals surface area contributed by atoms with Crippen molar-refractivity contribution >= 4 is 45.1 Å². The maximum Gasteiger partial charge on any atom is 0.276 e. The van der Waals surface area contributed by atoms with E-state index in [9.17, 15) is 14.9 Å². The minimum Gasteiger partial charge on any atom is -0.353 e. The Bertz CT molecular complexity index is 1270. The zero-order valence-corrected chi connectivity index (χ0v) is 21.7. The average molecular weight is 520 g/mol. The predicted molar refractivity (Wildman–Crippen MR) is 149 cm³/mol. The van der Waals surface area contributed by atoms with E-state index in [-0.39, 0.29) is 11.6 Å². The molecule has 3 aromatic rings. The number of hydrogen-bond acceptors (Lipinski definition) is 7. The van der Waals surface area contributed by atoms with Gasteiger partial charge in [-0.2, -0.15) is 4.37 Å². The molecule has 1 amide bonds. The van der Waals surface area contributed by atoms with Gasteiger partial charge in [0.1, 0.15) is 5.82 Å². The largest absolute Gasteiger partial charge is 0.353 e. The van der Waals surface area contributed by atoms with Gasteiger partial charge in [-0.1, -0.05) is 37.1 Å². The molecule has 2 aromatic carbocycles. The Morgan fingerprint density at radius 3 is 2.59 bits per heavy atom. The van der Waals surface area contributed by atoms with Crippen molar-refractivity contribution in [1.82, 2.24) is 14.6 Å². The van der Waals surface area contributed by atoms with Gasteiger partial charge in [-0.15, -0.1) is 0 Å². The van der Waals surface area contributed by atoms with Gasteiger partial charge in [-0.3, -0.25) is 19.8 Å². The highest BCUT2D eigenvalue weighted by molar-refractivity contribution is 7.13. The van der Waals surface area contributed by atoms with Gasteiger partial charge in [-0.05, 0) is 60.5 Å². The normalized spacial score (nSPS) is 20.9. The van der Waals surface area contributed by atoms with Crippen LogP contribution in [0.2, 0.25) is 0 Å². The van der Waals surface area contributed by atoms with E-state index < -0.39 is 4.92 Å². The molecular weight excluding hydrogens is 486 g/mol. The number of fused-ring (bicyclic) bond motifs is 1. The van der Waals surface area contributed by atoms with Crippen molar-refractivity contribution in [3.8, 4) is 0 Å². The van der Waals surface area contributed by atoms with Gasteiger partial charge in [0.05, 0.1) is 15.2 Å². The van der Waals surface area contributed by atoms with Crippen LogP contribution in [-0.4, -0.2) is 59.4 Å². The molecule has 2 heterocycles. The van der Waals surface area contributed by atoms with Crippen LogP contribution >= 0.6 is 11.5 Å². The van der Waals surface area contributed by atoms with Gasteiger partial charge >= 0.3 is 0 Å². The molecule has 0 bridgehead atoms. The van der Waals surface area contributed by atoms with Crippen molar-refractivity contribution in [2.45, 2.75) is 25.7 Å². The standard InChI is InChI=1S/C28H33N5O3S/c34-27(14-13-21-7-3-5-11-25(21)33(35)36)29-19-22-8-1-2-9-23(22)20-31-15-17-32(18-16-31)28-24-10-4-6-12-26(24)37-30-28/h3-7,10-14,22-23H,1-2,8-9,15-20H2,(H,29,34)/t22-,23+/m1/s1. The molecule has 1 aliphatic heterocycles. The van der Waals surface area contributed by atoms with Crippen molar-refractivity contribution in [1.29, 1.82) is 0 Å². The fourth-order valence-corrected chi connectivity index (χ4v) is 6.41. The maximum absolute atomic E-state index is 12.5. The van der Waals surface area contributed by atoms with Crippen LogP contribution in [0.5, 0.6) is 0 Å². The molecule has 1 aliphatic carbocycles. The summed E-state index contributed by atoms with van der Waals surface area (Å²) in [4.78, 5) is 28.2. The maximum atomic E-state index is 12.5. The minimum absolute atomic E-state index is 0.00181. The number of aromatic nitrogens is 1. The van der Waals surface area contributed by atoms with E-state index >= 15 is 0 Å². The van der Waals surface area contributed by atoms with Crippen LogP contribution in [0.15, 0.2) is 54.6 Å². The number of nitro groups is 1. The Labute approximate surface area is 221 Å². The monoisotopic (exact) mass is 519 g/mol. The van der Waals surface area contributed by atoms with Gasteiger partial charge < -0.3 is 10.2 Å². The number of rotatable bonds is 8. The van der Waals surface area contributed by atoms with Gasteiger partial charge in [0.25, 0.3) is 5.69 Å². The van der Waals surface area contributed by atoms with E-state index in [1.54, 1.807) is 29.7 Å². The first-order valence-electron chi connectivity index (χ1n) is 13.1. The van der Waals surface area contributed by atoms with Crippen LogP contribution in [0.25, 0.3) is 16.2 Å². The molecule has 0 spiro atoms. The minimum atomic E-state index is -0.427. The lowest BCUT2D eigenvalue weighted by Gasteiger charge is -2.40. The summed E-state index contributed by atoms with van der Waals surface area (Å²) >= 11 is 1.57. The van der Waals surface area contributed by atoms with E-state index in [1.807, 2.05) is 0 Å². The molecule has 1 N–H and O–H groups in total. The first-order valence-corrected chi connectivity index (χ1v) is 13.9. The highest BCUT2D eigenvalue weighted by Crippen LogP contribution is 2.32. The molecule has 194 valence electrons. The highest BCUT2D eigenvalue weighted by atomic mass is 32.1. The Hall–Kier alpha value is -3.30. The number of amides is 1. The molecule has 0 unspecified atom stereocenters. The number of anilines is 1. The average Bonchev–Trinajstić information content (AvgIpc) is 3.36. The molecule has 5 rings (SSSR count). The number of nitrogens with one attached hydrogen (secondary N) is 1. The molecule has 1 saturated heterocycles. The van der Waals surface area contributed by atoms with Gasteiger partial charge in [0, 0.05) is 56.8 Å². The topological polar surface area (TPSA) is 91.6 Å². The summed E-state index contributed by atoms with van der Waals surface area (Å²) in [6.45, 7) is 5.74. The third-order valence-electron chi connectivity index (χ3n) is 7.68. The highest BCUT2D eigenvalue weighted by Gasteiger charge is 2.29. The van der Waals surface area contributed by atoms with E-state index in [4.69, 9.17) is 4.37 Å². The van der Waals surface area contributed by atoms with Crippen LogP contribution in [0.1, 0.15) is 31.2 Å². The molecule has 0 radical (unpaired) electrons. The molecule has 8 nitrogen and oxygen atoms in total. The smallest absolute Gasteiger partial charge is 0.276 e. The van der Waals surface area contributed by atoms with Crippen LogP contribution in [0.4, 0.5) is 11.5 Å². The number of benzene rings is 2. The lowest BCUT2D eigenvalue weighted by Crippen LogP contribution is -2.49. The van der Waals surface area contributed by atoms with E-state index in [2.05, 4.69) is 39.4 Å². The second-order valence-corrected chi connectivity index (χ2v) is 10.8. The van der Waals surface area contributed by atoms with Crippen LogP contribution < -0.4 is 10.2 Å². The van der Waals surface area contributed by atoms with Crippen molar-refractivity contribution < 1.29 is 9.72 Å². The van der Waals surface area contributed by atoms with E-state index in [0.29, 0.717) is 23.9 Å². The Kier molecular flexibility index (Phi) is 8.11. The molecule has 37 heavy (non-hydrogen) atoms. The molecular formula is C28H33N5O3S. The zero-order valence-electron chi connectivity index (χ0n) is 20.9. The fourth-order valence-electron chi connectivity index (χ4n) is 5.62. The van der Waals surface area contributed by atoms with Gasteiger partial charge in [0.2, 0.25) is 5.91 Å². The quantitative estimate of drug-likeness (QED) is 0.257. The molecule has 2 atom stereocenters. The van der Waals surface area contributed by atoms with Crippen molar-refractivity contribution in [2.75, 3.05) is 44.2 Å².